The molecular weight excluding hydrogens is 312 g/mol. The number of Topliss-reactive ketones (excluding diaryl/α,β-unsaturated/α-hetero) is 1. The molecule has 1 rings (SSSR count). The Kier molecular flexibility index (Phi) is 3.37. The molecule has 0 fully saturated rings. The Morgan fingerprint density at radius 2 is 1.93 bits per heavy atom. The lowest BCUT2D eigenvalue weighted by molar-refractivity contribution is -0.128. The van der Waals surface area contributed by atoms with Gasteiger partial charge in [0, 0.05) is 12.0 Å². The zero-order valence-electron chi connectivity index (χ0n) is 8.30. The summed E-state index contributed by atoms with van der Waals surface area (Å²) in [5.74, 6) is -0.215. The molecule has 4 heteroatoms. The van der Waals surface area contributed by atoms with Crippen LogP contribution >= 0.6 is 31.9 Å². The van der Waals surface area contributed by atoms with Gasteiger partial charge < -0.3 is 0 Å². The van der Waals surface area contributed by atoms with Crippen LogP contribution in [0.2, 0.25) is 0 Å². The van der Waals surface area contributed by atoms with Crippen LogP contribution in [0.25, 0.3) is 0 Å². The number of halogens is 2. The molecule has 0 saturated carbocycles. The quantitative estimate of drug-likeness (QED) is 0.695. The summed E-state index contributed by atoms with van der Waals surface area (Å²) < 4.78 is -0.367. The SMILES string of the molecule is CC(C)C1C(=O)C(Br)=CC(=O)C1(C)Br. The summed E-state index contributed by atoms with van der Waals surface area (Å²) in [6, 6.07) is 0. The fourth-order valence-corrected chi connectivity index (χ4v) is 3.11. The van der Waals surface area contributed by atoms with Crippen molar-refractivity contribution < 1.29 is 9.59 Å². The van der Waals surface area contributed by atoms with E-state index in [1.165, 1.54) is 6.08 Å². The van der Waals surface area contributed by atoms with Crippen molar-refractivity contribution in [3.05, 3.63) is 10.6 Å². The third-order valence-electron chi connectivity index (χ3n) is 2.51. The van der Waals surface area contributed by atoms with Crippen LogP contribution in [-0.2, 0) is 9.59 Å². The summed E-state index contributed by atoms with van der Waals surface area (Å²) >= 11 is 6.48. The highest BCUT2D eigenvalue weighted by Gasteiger charge is 2.47. The van der Waals surface area contributed by atoms with Gasteiger partial charge in [0.05, 0.1) is 8.81 Å². The minimum atomic E-state index is -0.754. The molecule has 0 aliphatic heterocycles. The summed E-state index contributed by atoms with van der Waals surface area (Å²) in [6.07, 6.45) is 1.36. The van der Waals surface area contributed by atoms with Gasteiger partial charge in [0.1, 0.15) is 0 Å². The van der Waals surface area contributed by atoms with Gasteiger partial charge in [-0.05, 0) is 28.8 Å². The molecule has 0 saturated heterocycles. The third-order valence-corrected chi connectivity index (χ3v) is 4.01. The first-order valence-electron chi connectivity index (χ1n) is 4.43. The third kappa shape index (κ3) is 1.87. The average molecular weight is 324 g/mol. The predicted octanol–water partition coefficient (Wildman–Crippen LogP) is 2.84. The van der Waals surface area contributed by atoms with Gasteiger partial charge in [-0.2, -0.15) is 0 Å². The number of carbonyl (C=O) groups is 2. The molecule has 0 aromatic heterocycles. The van der Waals surface area contributed by atoms with Crippen molar-refractivity contribution in [2.24, 2.45) is 11.8 Å². The van der Waals surface area contributed by atoms with Crippen molar-refractivity contribution in [2.45, 2.75) is 25.1 Å². The number of hydrogen-bond donors (Lipinski definition) is 0. The molecule has 0 radical (unpaired) electrons. The molecule has 0 amide bonds. The number of allylic oxidation sites excluding steroid dienone is 2. The van der Waals surface area contributed by atoms with Crippen LogP contribution in [0.5, 0.6) is 0 Å². The smallest absolute Gasteiger partial charge is 0.175 e. The van der Waals surface area contributed by atoms with Crippen molar-refractivity contribution >= 4 is 43.4 Å². The minimum absolute atomic E-state index is 0.000949. The Hall–Kier alpha value is 0.0400. The van der Waals surface area contributed by atoms with E-state index in [0.29, 0.717) is 4.48 Å². The molecule has 2 atom stereocenters. The van der Waals surface area contributed by atoms with Gasteiger partial charge in [0.15, 0.2) is 11.6 Å². The maximum Gasteiger partial charge on any atom is 0.175 e. The summed E-state index contributed by atoms with van der Waals surface area (Å²) in [5.41, 5.74) is 0. The van der Waals surface area contributed by atoms with Crippen molar-refractivity contribution in [1.29, 1.82) is 0 Å². The highest BCUT2D eigenvalue weighted by Crippen LogP contribution is 2.40. The fourth-order valence-electron chi connectivity index (χ4n) is 1.80. The van der Waals surface area contributed by atoms with E-state index in [9.17, 15) is 9.59 Å². The van der Waals surface area contributed by atoms with Crippen molar-refractivity contribution in [2.75, 3.05) is 0 Å². The highest BCUT2D eigenvalue weighted by atomic mass is 79.9. The topological polar surface area (TPSA) is 34.1 Å². The van der Waals surface area contributed by atoms with E-state index in [0.717, 1.165) is 0 Å². The van der Waals surface area contributed by atoms with Gasteiger partial charge in [-0.15, -0.1) is 0 Å². The van der Waals surface area contributed by atoms with Crippen LogP contribution in [0.4, 0.5) is 0 Å². The zero-order valence-corrected chi connectivity index (χ0v) is 11.5. The first-order valence-corrected chi connectivity index (χ1v) is 6.01. The van der Waals surface area contributed by atoms with Gasteiger partial charge in [0.25, 0.3) is 0 Å². The van der Waals surface area contributed by atoms with Gasteiger partial charge in [0.2, 0.25) is 0 Å². The maximum atomic E-state index is 11.8. The molecule has 2 unspecified atom stereocenters. The van der Waals surface area contributed by atoms with Crippen molar-refractivity contribution in [3.63, 3.8) is 0 Å². The summed E-state index contributed by atoms with van der Waals surface area (Å²) in [7, 11) is 0. The Morgan fingerprint density at radius 1 is 1.43 bits per heavy atom. The molecule has 0 spiro atoms. The predicted molar refractivity (Wildman–Crippen MR) is 62.7 cm³/mol. The normalized spacial score (nSPS) is 33.6. The van der Waals surface area contributed by atoms with Crippen molar-refractivity contribution in [3.8, 4) is 0 Å². The molecule has 0 aromatic rings. The fraction of sp³-hybridized carbons (Fsp3) is 0.600. The maximum absolute atomic E-state index is 11.8. The Labute approximate surface area is 100 Å². The minimum Gasteiger partial charge on any atom is -0.293 e. The Balaban J connectivity index is 3.22. The number of hydrogen-bond acceptors (Lipinski definition) is 2. The van der Waals surface area contributed by atoms with E-state index < -0.39 is 4.32 Å². The monoisotopic (exact) mass is 322 g/mol. The molecule has 0 aromatic carbocycles. The molecule has 1 aliphatic rings. The van der Waals surface area contributed by atoms with Crippen LogP contribution in [0, 0.1) is 11.8 Å². The molecular formula is C10H12Br2O2. The van der Waals surface area contributed by atoms with E-state index in [1.807, 2.05) is 13.8 Å². The molecule has 1 aliphatic carbocycles. The Bertz CT molecular complexity index is 316. The van der Waals surface area contributed by atoms with Crippen LogP contribution < -0.4 is 0 Å². The lowest BCUT2D eigenvalue weighted by Crippen LogP contribution is -2.46. The zero-order chi connectivity index (χ0) is 11.1. The first-order chi connectivity index (χ1) is 6.28. The van der Waals surface area contributed by atoms with E-state index in [1.54, 1.807) is 6.92 Å². The standard InChI is InChI=1S/C10H12Br2O2/c1-5(2)8-9(14)6(11)4-7(13)10(8,3)12/h4-5,8H,1-3H3. The van der Waals surface area contributed by atoms with Crippen LogP contribution in [-0.4, -0.2) is 15.9 Å². The summed E-state index contributed by atoms with van der Waals surface area (Å²) in [4.78, 5) is 23.5. The second kappa shape index (κ2) is 3.89. The summed E-state index contributed by atoms with van der Waals surface area (Å²) in [6.45, 7) is 5.65. The summed E-state index contributed by atoms with van der Waals surface area (Å²) in [5, 5.41) is 0. The number of alkyl halides is 1. The van der Waals surface area contributed by atoms with E-state index >= 15 is 0 Å². The first kappa shape index (κ1) is 12.1. The van der Waals surface area contributed by atoms with Crippen LogP contribution in [0.1, 0.15) is 20.8 Å². The lowest BCUT2D eigenvalue weighted by atomic mass is 9.76. The number of ketones is 2. The molecule has 14 heavy (non-hydrogen) atoms. The highest BCUT2D eigenvalue weighted by molar-refractivity contribution is 9.12. The molecule has 0 heterocycles. The van der Waals surface area contributed by atoms with Gasteiger partial charge in [-0.25, -0.2) is 0 Å². The number of carbonyl (C=O) groups excluding carboxylic acids is 2. The van der Waals surface area contributed by atoms with Gasteiger partial charge in [-0.1, -0.05) is 29.8 Å². The lowest BCUT2D eigenvalue weighted by Gasteiger charge is -2.35. The van der Waals surface area contributed by atoms with Crippen LogP contribution in [0.15, 0.2) is 10.6 Å². The largest absolute Gasteiger partial charge is 0.293 e. The second-order valence-corrected chi connectivity index (χ2v) is 6.52. The van der Waals surface area contributed by atoms with Crippen LogP contribution in [0.3, 0.4) is 0 Å². The molecule has 78 valence electrons. The average Bonchev–Trinajstić information content (AvgIpc) is 2.00. The molecule has 0 bridgehead atoms. The number of rotatable bonds is 1. The van der Waals surface area contributed by atoms with E-state index in [-0.39, 0.29) is 23.4 Å². The Morgan fingerprint density at radius 3 is 2.36 bits per heavy atom. The second-order valence-electron chi connectivity index (χ2n) is 4.02. The van der Waals surface area contributed by atoms with Gasteiger partial charge >= 0.3 is 0 Å². The molecule has 0 N–H and O–H groups in total. The van der Waals surface area contributed by atoms with E-state index in [2.05, 4.69) is 31.9 Å². The van der Waals surface area contributed by atoms with Crippen molar-refractivity contribution in [1.82, 2.24) is 0 Å². The van der Waals surface area contributed by atoms with Gasteiger partial charge in [-0.3, -0.25) is 9.59 Å². The van der Waals surface area contributed by atoms with E-state index in [4.69, 9.17) is 0 Å². The molecule has 2 nitrogen and oxygen atoms in total.